The van der Waals surface area contributed by atoms with Crippen LogP contribution < -0.4 is 4.98 Å². The average Bonchev–Trinajstić information content (AvgIpc) is 2.09. The maximum atomic E-state index is 10.3. The highest BCUT2D eigenvalue weighted by Gasteiger charge is 2.39. The fourth-order valence-electron chi connectivity index (χ4n) is 1.99. The van der Waals surface area contributed by atoms with E-state index in [1.54, 1.807) is 0 Å². The Morgan fingerprint density at radius 1 is 1.07 bits per heavy atom. The van der Waals surface area contributed by atoms with Gasteiger partial charge in [0.2, 0.25) is 0 Å². The predicted octanol–water partition coefficient (Wildman–Crippen LogP) is 2.09. The third kappa shape index (κ3) is 5.26. The van der Waals surface area contributed by atoms with Crippen molar-refractivity contribution < 1.29 is 4.80 Å². The first-order valence-corrected chi connectivity index (χ1v) is 11.8. The minimum atomic E-state index is -2.16. The van der Waals surface area contributed by atoms with Gasteiger partial charge in [0.25, 0.3) is 8.48 Å². The molecule has 0 aromatic heterocycles. The summed E-state index contributed by atoms with van der Waals surface area (Å²) in [5.41, 5.74) is 0. The van der Waals surface area contributed by atoms with E-state index in [1.807, 2.05) is 13.1 Å². The second kappa shape index (κ2) is 6.15. The molecule has 0 aromatic rings. The summed E-state index contributed by atoms with van der Waals surface area (Å²) in [6.45, 7) is 15.1. The number of nitrogens with zero attached hydrogens (tertiary/aromatic N) is 1. The highest BCUT2D eigenvalue weighted by Crippen LogP contribution is 2.16. The molecular weight excluding hydrogens is 220 g/mol. The minimum absolute atomic E-state index is 1.02. The maximum absolute atomic E-state index is 10.3. The zero-order chi connectivity index (χ0) is 12.1. The lowest BCUT2D eigenvalue weighted by atomic mass is 10.5. The highest BCUT2D eigenvalue weighted by molar-refractivity contribution is 6.86. The van der Waals surface area contributed by atoms with E-state index in [0.717, 1.165) is 25.9 Å². The van der Waals surface area contributed by atoms with Crippen molar-refractivity contribution in [1.29, 1.82) is 0 Å². The van der Waals surface area contributed by atoms with Crippen LogP contribution in [0.1, 0.15) is 26.7 Å². The molecule has 0 aliphatic carbocycles. The van der Waals surface area contributed by atoms with Crippen LogP contribution in [0.15, 0.2) is 0 Å². The van der Waals surface area contributed by atoms with Gasteiger partial charge in [-0.1, -0.05) is 13.8 Å². The summed E-state index contributed by atoms with van der Waals surface area (Å²) in [6.07, 6.45) is 2.27. The summed E-state index contributed by atoms with van der Waals surface area (Å²) in [5, 5.41) is 0. The number of rotatable bonds is 7. The first-order chi connectivity index (χ1) is 6.75. The Balaban J connectivity index is 4.58. The minimum Gasteiger partial charge on any atom is -0.420 e. The molecule has 2 N–H and O–H groups in total. The molecule has 0 radical (unpaired) electrons. The van der Waals surface area contributed by atoms with Crippen molar-refractivity contribution in [1.82, 2.24) is 9.21 Å². The van der Waals surface area contributed by atoms with Gasteiger partial charge in [0, 0.05) is 0 Å². The molecule has 5 heteroatoms. The predicted molar refractivity (Wildman–Crippen MR) is 72.5 cm³/mol. The van der Waals surface area contributed by atoms with Crippen LogP contribution in [0.3, 0.4) is 0 Å². The molecule has 0 aliphatic rings. The second-order valence-electron chi connectivity index (χ2n) is 5.13. The third-order valence-electron chi connectivity index (χ3n) is 2.59. The van der Waals surface area contributed by atoms with Gasteiger partial charge in [-0.2, -0.15) is 0 Å². The van der Waals surface area contributed by atoms with E-state index in [1.165, 1.54) is 0 Å². The van der Waals surface area contributed by atoms with E-state index in [4.69, 9.17) is 0 Å². The van der Waals surface area contributed by atoms with Crippen molar-refractivity contribution in [3.63, 3.8) is 0 Å². The van der Waals surface area contributed by atoms with E-state index in [9.17, 15) is 4.80 Å². The van der Waals surface area contributed by atoms with E-state index < -0.39 is 16.9 Å². The van der Waals surface area contributed by atoms with Crippen molar-refractivity contribution in [2.45, 2.75) is 52.9 Å². The van der Waals surface area contributed by atoms with Crippen LogP contribution in [-0.4, -0.2) is 39.0 Å². The van der Waals surface area contributed by atoms with Crippen LogP contribution in [-0.2, 0) is 0 Å². The normalized spacial score (nSPS) is 13.6. The summed E-state index contributed by atoms with van der Waals surface area (Å²) < 4.78 is 2.38. The van der Waals surface area contributed by atoms with E-state index in [0.29, 0.717) is 0 Å². The molecule has 0 fully saturated rings. The molecule has 0 atom stereocenters. The Kier molecular flexibility index (Phi) is 6.28. The third-order valence-corrected chi connectivity index (χ3v) is 10.1. The second-order valence-corrected chi connectivity index (χ2v) is 13.1. The number of nitrogens with one attached hydrogen (secondary N) is 1. The van der Waals surface area contributed by atoms with Crippen LogP contribution in [0.2, 0.25) is 26.2 Å². The molecule has 92 valence electrons. The van der Waals surface area contributed by atoms with Crippen LogP contribution in [0.4, 0.5) is 0 Å². The SMILES string of the molecule is CCCN[Si](C)(C)N(CCC)[Si](C)(C)O. The lowest BCUT2D eigenvalue weighted by molar-refractivity contribution is 0.435. The van der Waals surface area contributed by atoms with Crippen molar-refractivity contribution in [2.75, 3.05) is 13.1 Å². The Morgan fingerprint density at radius 3 is 1.93 bits per heavy atom. The Hall–Kier alpha value is 0.314. The van der Waals surface area contributed by atoms with Gasteiger partial charge in [-0.15, -0.1) is 0 Å². The van der Waals surface area contributed by atoms with Gasteiger partial charge in [-0.25, -0.2) is 0 Å². The molecule has 0 rings (SSSR count). The first-order valence-electron chi connectivity index (χ1n) is 6.00. The molecule has 3 nitrogen and oxygen atoms in total. The molecule has 0 spiro atoms. The quantitative estimate of drug-likeness (QED) is 0.677. The van der Waals surface area contributed by atoms with E-state index >= 15 is 0 Å². The molecule has 0 aliphatic heterocycles. The van der Waals surface area contributed by atoms with Crippen LogP contribution in [0.5, 0.6) is 0 Å². The number of hydrogen-bond acceptors (Lipinski definition) is 3. The molecule has 0 saturated carbocycles. The van der Waals surface area contributed by atoms with Crippen LogP contribution in [0.25, 0.3) is 0 Å². The summed E-state index contributed by atoms with van der Waals surface area (Å²) in [7, 11) is -3.78. The topological polar surface area (TPSA) is 35.5 Å². The zero-order valence-electron chi connectivity index (χ0n) is 11.2. The Morgan fingerprint density at radius 2 is 1.60 bits per heavy atom. The lowest BCUT2D eigenvalue weighted by Crippen LogP contribution is -2.69. The average molecular weight is 249 g/mol. The fraction of sp³-hybridized carbons (Fsp3) is 1.00. The summed E-state index contributed by atoms with van der Waals surface area (Å²) >= 11 is 0. The van der Waals surface area contributed by atoms with Crippen molar-refractivity contribution in [3.05, 3.63) is 0 Å². The maximum Gasteiger partial charge on any atom is 0.256 e. The number of hydrogen-bond donors (Lipinski definition) is 2. The molecule has 0 bridgehead atoms. The zero-order valence-corrected chi connectivity index (χ0v) is 13.2. The van der Waals surface area contributed by atoms with E-state index in [2.05, 4.69) is 36.2 Å². The van der Waals surface area contributed by atoms with Gasteiger partial charge in [0.1, 0.15) is 0 Å². The molecule has 0 heterocycles. The standard InChI is InChI=1S/C10H28N2OSi2/c1-7-9-11-14(3,4)12(10-8-2)15(5,6)13/h11,13H,7-10H2,1-6H3. The monoisotopic (exact) mass is 248 g/mol. The Bertz CT molecular complexity index is 181. The first kappa shape index (κ1) is 15.3. The smallest absolute Gasteiger partial charge is 0.256 e. The van der Waals surface area contributed by atoms with E-state index in [-0.39, 0.29) is 0 Å². The molecule has 0 saturated heterocycles. The van der Waals surface area contributed by atoms with Gasteiger partial charge in [-0.05, 0) is 52.1 Å². The summed E-state index contributed by atoms with van der Waals surface area (Å²) in [5.74, 6) is 0. The molecular formula is C10H28N2OSi2. The molecule has 0 amide bonds. The molecule has 15 heavy (non-hydrogen) atoms. The highest BCUT2D eigenvalue weighted by atomic mass is 28.4. The lowest BCUT2D eigenvalue weighted by Gasteiger charge is -2.43. The van der Waals surface area contributed by atoms with Crippen molar-refractivity contribution >= 4 is 16.9 Å². The molecule has 0 aromatic carbocycles. The van der Waals surface area contributed by atoms with Crippen molar-refractivity contribution in [2.24, 2.45) is 0 Å². The summed E-state index contributed by atoms with van der Waals surface area (Å²) in [6, 6.07) is 0. The van der Waals surface area contributed by atoms with Gasteiger partial charge in [0.15, 0.2) is 8.40 Å². The fourth-order valence-corrected chi connectivity index (χ4v) is 10.3. The van der Waals surface area contributed by atoms with Crippen LogP contribution in [0, 0.1) is 0 Å². The summed E-state index contributed by atoms with van der Waals surface area (Å²) in [4.78, 5) is 13.9. The largest absolute Gasteiger partial charge is 0.420 e. The Labute approximate surface area is 97.3 Å². The van der Waals surface area contributed by atoms with Gasteiger partial charge >= 0.3 is 0 Å². The molecule has 0 unspecified atom stereocenters. The van der Waals surface area contributed by atoms with Crippen molar-refractivity contribution in [3.8, 4) is 0 Å². The van der Waals surface area contributed by atoms with Gasteiger partial charge in [0.05, 0.1) is 0 Å². The van der Waals surface area contributed by atoms with Gasteiger partial charge < -0.3 is 14.0 Å². The van der Waals surface area contributed by atoms with Crippen LogP contribution >= 0.6 is 0 Å². The van der Waals surface area contributed by atoms with Gasteiger partial charge in [-0.3, -0.25) is 0 Å².